The topological polar surface area (TPSA) is 9.23 Å². The average molecular weight is 204 g/mol. The maximum atomic E-state index is 6.12. The zero-order chi connectivity index (χ0) is 10.7. The number of rotatable bonds is 2. The van der Waals surface area contributed by atoms with E-state index in [0.29, 0.717) is 6.10 Å². The van der Waals surface area contributed by atoms with Crippen molar-refractivity contribution in [2.24, 2.45) is 0 Å². The summed E-state index contributed by atoms with van der Waals surface area (Å²) in [4.78, 5) is 0. The van der Waals surface area contributed by atoms with Gasteiger partial charge in [-0.05, 0) is 50.7 Å². The van der Waals surface area contributed by atoms with E-state index in [1.807, 2.05) is 0 Å². The van der Waals surface area contributed by atoms with Gasteiger partial charge in [0.2, 0.25) is 0 Å². The lowest BCUT2D eigenvalue weighted by molar-refractivity contribution is 0.153. The summed E-state index contributed by atoms with van der Waals surface area (Å²) >= 11 is 0. The van der Waals surface area contributed by atoms with Crippen LogP contribution in [0.4, 0.5) is 0 Å². The number of aryl methyl sites for hydroxylation is 2. The molecule has 82 valence electrons. The molecule has 0 atom stereocenters. The molecule has 0 N–H and O–H groups in total. The van der Waals surface area contributed by atoms with E-state index in [-0.39, 0.29) is 0 Å². The number of benzene rings is 1. The van der Waals surface area contributed by atoms with Crippen LogP contribution < -0.4 is 4.74 Å². The molecule has 1 aromatic rings. The van der Waals surface area contributed by atoms with Gasteiger partial charge in [-0.25, -0.2) is 0 Å². The van der Waals surface area contributed by atoms with Crippen LogP contribution in [0.1, 0.15) is 43.2 Å². The largest absolute Gasteiger partial charge is 0.490 e. The Bertz CT molecular complexity index is 304. The Balaban J connectivity index is 2.09. The molecule has 0 aliphatic heterocycles. The molecular weight excluding hydrogens is 184 g/mol. The van der Waals surface area contributed by atoms with Gasteiger partial charge in [-0.1, -0.05) is 24.6 Å². The van der Waals surface area contributed by atoms with Crippen LogP contribution in [-0.2, 0) is 0 Å². The lowest BCUT2D eigenvalue weighted by Crippen LogP contribution is -2.20. The standard InChI is InChI=1S/C14H20O/c1-11-7-6-8-12(2)14(11)15-13-9-4-3-5-10-13/h6-8,13H,3-5,9-10H2,1-2H3. The summed E-state index contributed by atoms with van der Waals surface area (Å²) in [7, 11) is 0. The Morgan fingerprint density at radius 1 is 1.00 bits per heavy atom. The van der Waals surface area contributed by atoms with Gasteiger partial charge in [0.1, 0.15) is 5.75 Å². The molecule has 0 unspecified atom stereocenters. The summed E-state index contributed by atoms with van der Waals surface area (Å²) in [5, 5.41) is 0. The van der Waals surface area contributed by atoms with Crippen LogP contribution in [0.15, 0.2) is 18.2 Å². The second kappa shape index (κ2) is 4.69. The molecule has 1 saturated carbocycles. The molecule has 1 aliphatic rings. The van der Waals surface area contributed by atoms with Crippen molar-refractivity contribution < 1.29 is 4.74 Å². The van der Waals surface area contributed by atoms with Gasteiger partial charge in [-0.15, -0.1) is 0 Å². The summed E-state index contributed by atoms with van der Waals surface area (Å²) < 4.78 is 6.12. The van der Waals surface area contributed by atoms with E-state index in [1.165, 1.54) is 43.2 Å². The molecule has 0 spiro atoms. The summed E-state index contributed by atoms with van der Waals surface area (Å²) in [6, 6.07) is 6.36. The highest BCUT2D eigenvalue weighted by atomic mass is 16.5. The maximum Gasteiger partial charge on any atom is 0.125 e. The van der Waals surface area contributed by atoms with Crippen molar-refractivity contribution in [3.63, 3.8) is 0 Å². The first-order valence-corrected chi connectivity index (χ1v) is 6.00. The van der Waals surface area contributed by atoms with E-state index < -0.39 is 0 Å². The molecule has 0 heterocycles. The van der Waals surface area contributed by atoms with Crippen molar-refractivity contribution >= 4 is 0 Å². The van der Waals surface area contributed by atoms with Gasteiger partial charge in [0.15, 0.2) is 0 Å². The quantitative estimate of drug-likeness (QED) is 0.707. The second-order valence-electron chi connectivity index (χ2n) is 4.60. The fraction of sp³-hybridized carbons (Fsp3) is 0.571. The highest BCUT2D eigenvalue weighted by molar-refractivity contribution is 5.39. The van der Waals surface area contributed by atoms with Gasteiger partial charge in [0, 0.05) is 0 Å². The maximum absolute atomic E-state index is 6.12. The number of hydrogen-bond donors (Lipinski definition) is 0. The van der Waals surface area contributed by atoms with E-state index >= 15 is 0 Å². The average Bonchev–Trinajstić information content (AvgIpc) is 2.25. The van der Waals surface area contributed by atoms with Crippen LogP contribution in [0.25, 0.3) is 0 Å². The zero-order valence-corrected chi connectivity index (χ0v) is 9.75. The first-order chi connectivity index (χ1) is 7.27. The van der Waals surface area contributed by atoms with Gasteiger partial charge < -0.3 is 4.74 Å². The van der Waals surface area contributed by atoms with E-state index in [2.05, 4.69) is 32.0 Å². The minimum atomic E-state index is 0.457. The summed E-state index contributed by atoms with van der Waals surface area (Å²) in [5.74, 6) is 1.12. The molecule has 1 nitrogen and oxygen atoms in total. The van der Waals surface area contributed by atoms with Gasteiger partial charge >= 0.3 is 0 Å². The van der Waals surface area contributed by atoms with Crippen molar-refractivity contribution in [2.45, 2.75) is 52.1 Å². The Hall–Kier alpha value is -0.980. The molecule has 0 saturated heterocycles. The van der Waals surface area contributed by atoms with Crippen molar-refractivity contribution in [2.75, 3.05) is 0 Å². The molecule has 0 amide bonds. The first kappa shape index (κ1) is 10.5. The molecule has 1 aliphatic carbocycles. The Morgan fingerprint density at radius 3 is 2.20 bits per heavy atom. The first-order valence-electron chi connectivity index (χ1n) is 6.00. The van der Waals surface area contributed by atoms with Crippen LogP contribution in [0.5, 0.6) is 5.75 Å². The van der Waals surface area contributed by atoms with Crippen LogP contribution >= 0.6 is 0 Å². The third kappa shape index (κ3) is 2.53. The Morgan fingerprint density at radius 2 is 1.60 bits per heavy atom. The van der Waals surface area contributed by atoms with Gasteiger partial charge in [-0.2, -0.15) is 0 Å². The van der Waals surface area contributed by atoms with Crippen molar-refractivity contribution in [1.29, 1.82) is 0 Å². The lowest BCUT2D eigenvalue weighted by Gasteiger charge is -2.24. The monoisotopic (exact) mass is 204 g/mol. The third-order valence-electron chi connectivity index (χ3n) is 3.25. The molecule has 15 heavy (non-hydrogen) atoms. The summed E-state index contributed by atoms with van der Waals surface area (Å²) in [6.45, 7) is 4.26. The van der Waals surface area contributed by atoms with Crippen LogP contribution in [0, 0.1) is 13.8 Å². The van der Waals surface area contributed by atoms with Gasteiger partial charge in [0.05, 0.1) is 6.10 Å². The number of ether oxygens (including phenoxy) is 1. The minimum Gasteiger partial charge on any atom is -0.490 e. The van der Waals surface area contributed by atoms with Crippen molar-refractivity contribution in [3.05, 3.63) is 29.3 Å². The van der Waals surface area contributed by atoms with E-state index in [1.54, 1.807) is 0 Å². The number of para-hydroxylation sites is 1. The van der Waals surface area contributed by atoms with E-state index in [9.17, 15) is 0 Å². The SMILES string of the molecule is Cc1cccc(C)c1OC1CCCCC1. The Labute approximate surface area is 92.5 Å². The van der Waals surface area contributed by atoms with Crippen molar-refractivity contribution in [1.82, 2.24) is 0 Å². The van der Waals surface area contributed by atoms with Gasteiger partial charge in [0.25, 0.3) is 0 Å². The van der Waals surface area contributed by atoms with Crippen LogP contribution in [0.2, 0.25) is 0 Å². The molecule has 0 aromatic heterocycles. The molecule has 2 rings (SSSR count). The van der Waals surface area contributed by atoms with Crippen molar-refractivity contribution in [3.8, 4) is 5.75 Å². The molecule has 0 radical (unpaired) electrons. The summed E-state index contributed by atoms with van der Waals surface area (Å²) in [6.07, 6.45) is 6.96. The third-order valence-corrected chi connectivity index (χ3v) is 3.25. The Kier molecular flexibility index (Phi) is 3.30. The van der Waals surface area contributed by atoms with Crippen LogP contribution in [-0.4, -0.2) is 6.10 Å². The second-order valence-corrected chi connectivity index (χ2v) is 4.60. The van der Waals surface area contributed by atoms with Gasteiger partial charge in [-0.3, -0.25) is 0 Å². The number of hydrogen-bond acceptors (Lipinski definition) is 1. The molecule has 1 fully saturated rings. The molecular formula is C14H20O. The summed E-state index contributed by atoms with van der Waals surface area (Å²) in [5.41, 5.74) is 2.53. The predicted octanol–water partition coefficient (Wildman–Crippen LogP) is 4.01. The molecule has 1 aromatic carbocycles. The highest BCUT2D eigenvalue weighted by Gasteiger charge is 2.16. The highest BCUT2D eigenvalue weighted by Crippen LogP contribution is 2.28. The minimum absolute atomic E-state index is 0.457. The van der Waals surface area contributed by atoms with E-state index in [4.69, 9.17) is 4.74 Å². The molecule has 1 heteroatoms. The predicted molar refractivity (Wildman–Crippen MR) is 63.4 cm³/mol. The van der Waals surface area contributed by atoms with E-state index in [0.717, 1.165) is 5.75 Å². The zero-order valence-electron chi connectivity index (χ0n) is 9.75. The smallest absolute Gasteiger partial charge is 0.125 e. The van der Waals surface area contributed by atoms with Crippen LogP contribution in [0.3, 0.4) is 0 Å². The molecule has 0 bridgehead atoms. The normalized spacial score (nSPS) is 17.7. The fourth-order valence-corrected chi connectivity index (χ4v) is 2.33. The fourth-order valence-electron chi connectivity index (χ4n) is 2.33. The lowest BCUT2D eigenvalue weighted by atomic mass is 9.97.